The van der Waals surface area contributed by atoms with Gasteiger partial charge in [-0.05, 0) is 12.8 Å². The molecule has 4 rings (SSSR count). The van der Waals surface area contributed by atoms with Gasteiger partial charge in [0.05, 0.1) is 19.0 Å². The van der Waals surface area contributed by atoms with Crippen molar-refractivity contribution in [2.75, 3.05) is 24.7 Å². The number of carbonyl (C=O) groups is 2. The number of anilines is 3. The third kappa shape index (κ3) is 4.24. The summed E-state index contributed by atoms with van der Waals surface area (Å²) in [7, 11) is 3.05. The van der Waals surface area contributed by atoms with E-state index in [0.717, 1.165) is 12.8 Å². The first-order valence-corrected chi connectivity index (χ1v) is 9.18. The molecule has 1 aliphatic rings. The molecule has 160 valence electrons. The predicted octanol–water partition coefficient (Wildman–Crippen LogP) is 0.522. The number of hydrogen-bond donors (Lipinski definition) is 3. The summed E-state index contributed by atoms with van der Waals surface area (Å²) in [4.78, 5) is 34.4. The summed E-state index contributed by atoms with van der Waals surface area (Å²) in [5.41, 5.74) is 0.438. The highest BCUT2D eigenvalue weighted by atomic mass is 16.5. The van der Waals surface area contributed by atoms with Crippen LogP contribution in [0.4, 0.5) is 17.3 Å². The minimum atomic E-state index is -2.75. The van der Waals surface area contributed by atoms with Gasteiger partial charge in [-0.25, -0.2) is 9.97 Å². The zero-order chi connectivity index (χ0) is 24.5. The lowest BCUT2D eigenvalue weighted by molar-refractivity contribution is -0.117. The Morgan fingerprint density at radius 3 is 2.81 bits per heavy atom. The Morgan fingerprint density at radius 2 is 2.13 bits per heavy atom. The van der Waals surface area contributed by atoms with Gasteiger partial charge in [0.2, 0.25) is 5.91 Å². The highest BCUT2D eigenvalue weighted by Gasteiger charge is 2.30. The molecule has 0 radical (unpaired) electrons. The van der Waals surface area contributed by atoms with E-state index in [1.807, 2.05) is 5.32 Å². The Labute approximate surface area is 180 Å². The predicted molar refractivity (Wildman–Crippen MR) is 109 cm³/mol. The molecule has 3 aromatic heterocycles. The zero-order valence-corrected chi connectivity index (χ0v) is 16.6. The standard InChI is InChI=1S/C18H20N10O3/c1-19-18(30)14-10(6-12(25-26-14)24-17(29)9-4-5-9)23-16-15(31-3)13(20-8-21-16)11-7-22-28(2)27-11/h6-9H,4-5H2,1-3H3,(H,19,30)(H2,20,21,23,24,25,29)/i1D3. The molecule has 1 aliphatic carbocycles. The van der Waals surface area contributed by atoms with E-state index < -0.39 is 12.9 Å². The lowest BCUT2D eigenvalue weighted by Crippen LogP contribution is -2.22. The summed E-state index contributed by atoms with van der Waals surface area (Å²) in [6, 6.07) is 1.35. The molecule has 2 amide bonds. The first-order valence-electron chi connectivity index (χ1n) is 10.7. The monoisotopic (exact) mass is 427 g/mol. The molecule has 31 heavy (non-hydrogen) atoms. The number of nitrogens with one attached hydrogen (secondary N) is 3. The summed E-state index contributed by atoms with van der Waals surface area (Å²) in [5.74, 6) is -0.916. The SMILES string of the molecule is [2H]C([2H])([2H])NC(=O)c1nnc(NC(=O)C2CC2)cc1Nc1ncnc(-c2cnn(C)n2)c1OC. The van der Waals surface area contributed by atoms with Gasteiger partial charge in [0.25, 0.3) is 5.91 Å². The van der Waals surface area contributed by atoms with Crippen molar-refractivity contribution in [3.05, 3.63) is 24.3 Å². The minimum Gasteiger partial charge on any atom is -0.491 e. The summed E-state index contributed by atoms with van der Waals surface area (Å²) >= 11 is 0. The lowest BCUT2D eigenvalue weighted by atomic mass is 10.2. The number of aromatic nitrogens is 7. The Balaban J connectivity index is 1.72. The van der Waals surface area contributed by atoms with Crippen molar-refractivity contribution in [1.29, 1.82) is 0 Å². The molecule has 13 heteroatoms. The third-order valence-corrected chi connectivity index (χ3v) is 4.43. The van der Waals surface area contributed by atoms with E-state index >= 15 is 0 Å². The van der Waals surface area contributed by atoms with Crippen molar-refractivity contribution in [3.8, 4) is 17.1 Å². The third-order valence-electron chi connectivity index (χ3n) is 4.43. The lowest BCUT2D eigenvalue weighted by Gasteiger charge is -2.14. The fraction of sp³-hybridized carbons (Fsp3) is 0.333. The number of carbonyl (C=O) groups excluding carboxylic acids is 2. The van der Waals surface area contributed by atoms with Gasteiger partial charge < -0.3 is 20.7 Å². The van der Waals surface area contributed by atoms with Crippen LogP contribution in [0, 0.1) is 5.92 Å². The summed E-state index contributed by atoms with van der Waals surface area (Å²) in [5, 5.41) is 23.3. The second-order valence-corrected chi connectivity index (χ2v) is 6.66. The quantitative estimate of drug-likeness (QED) is 0.484. The van der Waals surface area contributed by atoms with E-state index in [2.05, 4.69) is 41.0 Å². The fourth-order valence-corrected chi connectivity index (χ4v) is 2.77. The van der Waals surface area contributed by atoms with Gasteiger partial charge in [-0.1, -0.05) is 0 Å². The Kier molecular flexibility index (Phi) is 4.45. The fourth-order valence-electron chi connectivity index (χ4n) is 2.77. The minimum absolute atomic E-state index is 0.0324. The van der Waals surface area contributed by atoms with Gasteiger partial charge in [0, 0.05) is 30.1 Å². The molecule has 0 aliphatic heterocycles. The zero-order valence-electron chi connectivity index (χ0n) is 19.6. The summed E-state index contributed by atoms with van der Waals surface area (Å²) < 4.78 is 27.4. The number of aryl methyl sites for hydroxylation is 1. The van der Waals surface area contributed by atoms with Crippen LogP contribution in [0.1, 0.15) is 27.4 Å². The normalized spacial score (nSPS) is 14.7. The number of methoxy groups -OCH3 is 1. The van der Waals surface area contributed by atoms with Gasteiger partial charge >= 0.3 is 0 Å². The molecule has 13 nitrogen and oxygen atoms in total. The number of ether oxygens (including phenoxy) is 1. The van der Waals surface area contributed by atoms with Crippen molar-refractivity contribution in [2.45, 2.75) is 12.8 Å². The largest absolute Gasteiger partial charge is 0.491 e. The van der Waals surface area contributed by atoms with Gasteiger partial charge in [-0.2, -0.15) is 15.0 Å². The molecule has 3 heterocycles. The molecule has 3 aromatic rings. The molecular weight excluding hydrogens is 404 g/mol. The highest BCUT2D eigenvalue weighted by molar-refractivity contribution is 5.99. The van der Waals surface area contributed by atoms with Crippen LogP contribution in [0.5, 0.6) is 5.75 Å². The van der Waals surface area contributed by atoms with Crippen LogP contribution in [0.2, 0.25) is 0 Å². The van der Waals surface area contributed by atoms with Gasteiger partial charge in [0.15, 0.2) is 23.1 Å². The first kappa shape index (κ1) is 16.6. The summed E-state index contributed by atoms with van der Waals surface area (Å²) in [6.45, 7) is -2.75. The average Bonchev–Trinajstić information content (AvgIpc) is 3.53. The van der Waals surface area contributed by atoms with E-state index in [-0.39, 0.29) is 40.6 Å². The Bertz CT molecular complexity index is 1240. The van der Waals surface area contributed by atoms with E-state index in [1.54, 1.807) is 7.05 Å². The van der Waals surface area contributed by atoms with Crippen molar-refractivity contribution in [1.82, 2.24) is 40.5 Å². The Morgan fingerprint density at radius 1 is 1.29 bits per heavy atom. The molecule has 0 aromatic carbocycles. The molecule has 0 atom stereocenters. The van der Waals surface area contributed by atoms with Gasteiger partial charge in [-0.15, -0.1) is 10.2 Å². The van der Waals surface area contributed by atoms with Gasteiger partial charge in [0.1, 0.15) is 17.7 Å². The molecule has 1 saturated carbocycles. The number of nitrogens with zero attached hydrogens (tertiary/aromatic N) is 7. The van der Waals surface area contributed by atoms with Crippen LogP contribution < -0.4 is 20.7 Å². The number of hydrogen-bond acceptors (Lipinski definition) is 10. The van der Waals surface area contributed by atoms with E-state index in [1.165, 1.54) is 30.5 Å². The maximum atomic E-state index is 12.6. The summed E-state index contributed by atoms with van der Waals surface area (Å²) in [6.07, 6.45) is 4.31. The molecular formula is C18H20N10O3. The van der Waals surface area contributed by atoms with E-state index in [0.29, 0.717) is 11.4 Å². The molecule has 0 saturated heterocycles. The number of rotatable bonds is 7. The van der Waals surface area contributed by atoms with Crippen LogP contribution in [-0.4, -0.2) is 61.1 Å². The molecule has 0 bridgehead atoms. The van der Waals surface area contributed by atoms with Crippen LogP contribution in [0.3, 0.4) is 0 Å². The van der Waals surface area contributed by atoms with Crippen LogP contribution in [0.15, 0.2) is 18.6 Å². The van der Waals surface area contributed by atoms with Crippen molar-refractivity contribution >= 4 is 29.1 Å². The Hall–Kier alpha value is -4.16. The molecule has 0 spiro atoms. The van der Waals surface area contributed by atoms with Crippen molar-refractivity contribution in [3.63, 3.8) is 0 Å². The molecule has 3 N–H and O–H groups in total. The maximum absolute atomic E-state index is 12.6. The average molecular weight is 427 g/mol. The second kappa shape index (κ2) is 8.30. The topological polar surface area (TPSA) is 162 Å². The van der Waals surface area contributed by atoms with Crippen LogP contribution >= 0.6 is 0 Å². The number of amides is 2. The van der Waals surface area contributed by atoms with Crippen LogP contribution in [-0.2, 0) is 11.8 Å². The van der Waals surface area contributed by atoms with Crippen molar-refractivity contribution < 1.29 is 18.4 Å². The van der Waals surface area contributed by atoms with Crippen LogP contribution in [0.25, 0.3) is 11.4 Å². The second-order valence-electron chi connectivity index (χ2n) is 6.66. The van der Waals surface area contributed by atoms with Gasteiger partial charge in [-0.3, -0.25) is 9.59 Å². The smallest absolute Gasteiger partial charge is 0.273 e. The highest BCUT2D eigenvalue weighted by Crippen LogP contribution is 2.34. The van der Waals surface area contributed by atoms with Crippen molar-refractivity contribution in [2.24, 2.45) is 13.0 Å². The molecule has 0 unspecified atom stereocenters. The maximum Gasteiger partial charge on any atom is 0.273 e. The first-order chi connectivity index (χ1) is 16.1. The van der Waals surface area contributed by atoms with E-state index in [4.69, 9.17) is 8.85 Å². The van der Waals surface area contributed by atoms with E-state index in [9.17, 15) is 9.59 Å². The molecule has 1 fully saturated rings.